The highest BCUT2D eigenvalue weighted by molar-refractivity contribution is 5.90. The van der Waals surface area contributed by atoms with Crippen molar-refractivity contribution in [2.24, 2.45) is 0 Å². The molecule has 1 aromatic heterocycles. The number of carboxylic acids is 1. The second kappa shape index (κ2) is 5.34. The summed E-state index contributed by atoms with van der Waals surface area (Å²) in [6.07, 6.45) is 1.68. The van der Waals surface area contributed by atoms with Crippen LogP contribution in [0.5, 0.6) is 0 Å². The number of carboxylic acid groups (broad SMARTS) is 1. The second-order valence-corrected chi connectivity index (χ2v) is 3.75. The number of nitrogens with one attached hydrogen (secondary N) is 1. The van der Waals surface area contributed by atoms with Gasteiger partial charge in [-0.1, -0.05) is 5.16 Å². The third kappa shape index (κ3) is 2.97. The minimum Gasteiger partial charge on any atom is -0.478 e. The predicted octanol–water partition coefficient (Wildman–Crippen LogP) is 1.14. The lowest BCUT2D eigenvalue weighted by atomic mass is 10.1. The number of nitrogen functional groups attached to an aromatic ring is 1. The van der Waals surface area contributed by atoms with E-state index in [4.69, 9.17) is 10.8 Å². The number of benzene rings is 1. The quantitative estimate of drug-likeness (QED) is 0.695. The minimum absolute atomic E-state index is 0.159. The Kier molecular flexibility index (Phi) is 3.60. The van der Waals surface area contributed by atoms with Gasteiger partial charge in [0.25, 0.3) is 0 Å². The maximum absolute atomic E-state index is 13.5. The fourth-order valence-electron chi connectivity index (χ4n) is 1.52. The highest BCUT2D eigenvalue weighted by Crippen LogP contribution is 2.23. The van der Waals surface area contributed by atoms with Crippen LogP contribution < -0.4 is 11.1 Å². The molecule has 7 nitrogen and oxygen atoms in total. The number of carbonyl (C=O) groups is 1. The molecule has 0 saturated heterocycles. The Morgan fingerprint density at radius 1 is 1.53 bits per heavy atom. The lowest BCUT2D eigenvalue weighted by Crippen LogP contribution is -2.10. The van der Waals surface area contributed by atoms with Crippen molar-refractivity contribution in [3.63, 3.8) is 0 Å². The van der Waals surface area contributed by atoms with Crippen molar-refractivity contribution >= 4 is 17.3 Å². The normalized spacial score (nSPS) is 10.4. The smallest absolute Gasteiger partial charge is 0.338 e. The molecule has 0 amide bonds. The highest BCUT2D eigenvalue weighted by Gasteiger charge is 2.13. The summed E-state index contributed by atoms with van der Waals surface area (Å²) >= 11 is 0. The molecule has 2 aromatic rings. The summed E-state index contributed by atoms with van der Waals surface area (Å²) in [6.45, 7) is 0.412. The summed E-state index contributed by atoms with van der Waals surface area (Å²) < 4.78 is 18.0. The first-order valence-corrected chi connectivity index (χ1v) is 5.39. The maximum atomic E-state index is 13.5. The molecule has 0 aliphatic carbocycles. The topological polar surface area (TPSA) is 114 Å². The molecule has 19 heavy (non-hydrogen) atoms. The molecule has 1 heterocycles. The fourth-order valence-corrected chi connectivity index (χ4v) is 1.52. The third-order valence-corrected chi connectivity index (χ3v) is 2.44. The van der Waals surface area contributed by atoms with Gasteiger partial charge in [0.2, 0.25) is 6.39 Å². The van der Waals surface area contributed by atoms with E-state index in [1.165, 1.54) is 6.39 Å². The monoisotopic (exact) mass is 266 g/mol. The molecule has 2 rings (SSSR count). The molecule has 0 spiro atoms. The summed E-state index contributed by atoms with van der Waals surface area (Å²) in [5.74, 6) is -1.69. The molecule has 8 heteroatoms. The number of anilines is 2. The van der Waals surface area contributed by atoms with Crippen LogP contribution in [0.15, 0.2) is 23.0 Å². The van der Waals surface area contributed by atoms with Crippen molar-refractivity contribution in [3.8, 4) is 0 Å². The van der Waals surface area contributed by atoms with Gasteiger partial charge in [-0.3, -0.25) is 0 Å². The molecule has 4 N–H and O–H groups in total. The van der Waals surface area contributed by atoms with Gasteiger partial charge in [0, 0.05) is 13.0 Å². The Bertz CT molecular complexity index is 586. The molecule has 0 radical (unpaired) electrons. The van der Waals surface area contributed by atoms with Crippen molar-refractivity contribution in [1.82, 2.24) is 10.1 Å². The first kappa shape index (κ1) is 12.8. The number of nitrogens with two attached hydrogens (primary N) is 1. The van der Waals surface area contributed by atoms with E-state index in [0.29, 0.717) is 24.5 Å². The summed E-state index contributed by atoms with van der Waals surface area (Å²) in [6, 6.07) is 2.13. The standard InChI is InChI=1S/C11H11FN4O3/c12-7-4-9(8(13)3-6(7)11(17)18)14-2-1-10-15-5-19-16-10/h3-5,14H,1-2,13H2,(H,17,18). The van der Waals surface area contributed by atoms with Gasteiger partial charge in [-0.15, -0.1) is 0 Å². The Morgan fingerprint density at radius 3 is 2.95 bits per heavy atom. The third-order valence-electron chi connectivity index (χ3n) is 2.44. The molecular weight excluding hydrogens is 255 g/mol. The molecule has 0 saturated carbocycles. The van der Waals surface area contributed by atoms with E-state index in [1.54, 1.807) is 0 Å². The van der Waals surface area contributed by atoms with E-state index in [0.717, 1.165) is 12.1 Å². The average Bonchev–Trinajstić information content (AvgIpc) is 2.85. The molecular formula is C11H11FN4O3. The van der Waals surface area contributed by atoms with Crippen LogP contribution in [-0.2, 0) is 6.42 Å². The number of halogens is 1. The van der Waals surface area contributed by atoms with Crippen LogP contribution in [-0.4, -0.2) is 27.8 Å². The molecule has 100 valence electrons. The van der Waals surface area contributed by atoms with Crippen molar-refractivity contribution in [2.45, 2.75) is 6.42 Å². The summed E-state index contributed by atoms with van der Waals surface area (Å²) in [4.78, 5) is 14.5. The van der Waals surface area contributed by atoms with E-state index >= 15 is 0 Å². The zero-order valence-corrected chi connectivity index (χ0v) is 9.76. The fraction of sp³-hybridized carbons (Fsp3) is 0.182. The Hall–Kier alpha value is -2.64. The van der Waals surface area contributed by atoms with Crippen LogP contribution in [0.2, 0.25) is 0 Å². The van der Waals surface area contributed by atoms with E-state index in [-0.39, 0.29) is 5.69 Å². The SMILES string of the molecule is Nc1cc(C(=O)O)c(F)cc1NCCc1ncon1. The summed E-state index contributed by atoms with van der Waals surface area (Å²) in [7, 11) is 0. The molecule has 1 aromatic carbocycles. The van der Waals surface area contributed by atoms with Crippen molar-refractivity contribution in [2.75, 3.05) is 17.6 Å². The number of aromatic nitrogens is 2. The number of hydrogen-bond donors (Lipinski definition) is 3. The number of nitrogens with zero attached hydrogens (tertiary/aromatic N) is 2. The van der Waals surface area contributed by atoms with E-state index < -0.39 is 17.3 Å². The van der Waals surface area contributed by atoms with Crippen molar-refractivity contribution in [1.29, 1.82) is 0 Å². The molecule has 0 bridgehead atoms. The molecule has 0 aliphatic rings. The van der Waals surface area contributed by atoms with Crippen LogP contribution in [0.4, 0.5) is 15.8 Å². The maximum Gasteiger partial charge on any atom is 0.338 e. The lowest BCUT2D eigenvalue weighted by molar-refractivity contribution is 0.0692. The molecule has 0 aliphatic heterocycles. The summed E-state index contributed by atoms with van der Waals surface area (Å²) in [5.41, 5.74) is 5.67. The first-order valence-electron chi connectivity index (χ1n) is 5.39. The van der Waals surface area contributed by atoms with Gasteiger partial charge in [-0.05, 0) is 12.1 Å². The van der Waals surface area contributed by atoms with Gasteiger partial charge in [0.15, 0.2) is 5.82 Å². The average molecular weight is 266 g/mol. The molecule has 0 fully saturated rings. The number of aromatic carboxylic acids is 1. The van der Waals surface area contributed by atoms with Crippen molar-refractivity contribution < 1.29 is 18.8 Å². The number of rotatable bonds is 5. The van der Waals surface area contributed by atoms with Crippen LogP contribution in [0.3, 0.4) is 0 Å². The van der Waals surface area contributed by atoms with E-state index in [9.17, 15) is 9.18 Å². The minimum atomic E-state index is -1.36. The van der Waals surface area contributed by atoms with Crippen LogP contribution in [0.1, 0.15) is 16.2 Å². The zero-order chi connectivity index (χ0) is 13.8. The van der Waals surface area contributed by atoms with Crippen molar-refractivity contribution in [3.05, 3.63) is 35.7 Å². The van der Waals surface area contributed by atoms with Gasteiger partial charge < -0.3 is 20.7 Å². The van der Waals surface area contributed by atoms with Crippen LogP contribution in [0.25, 0.3) is 0 Å². The predicted molar refractivity (Wildman–Crippen MR) is 64.3 cm³/mol. The number of hydrogen-bond acceptors (Lipinski definition) is 6. The Morgan fingerprint density at radius 2 is 2.32 bits per heavy atom. The lowest BCUT2D eigenvalue weighted by Gasteiger charge is -2.09. The second-order valence-electron chi connectivity index (χ2n) is 3.75. The van der Waals surface area contributed by atoms with Crippen LogP contribution in [0, 0.1) is 5.82 Å². The molecule has 0 atom stereocenters. The Labute approximate surface area is 107 Å². The van der Waals surface area contributed by atoms with Gasteiger partial charge >= 0.3 is 5.97 Å². The largest absolute Gasteiger partial charge is 0.478 e. The van der Waals surface area contributed by atoms with Gasteiger partial charge in [0.1, 0.15) is 5.82 Å². The summed E-state index contributed by atoms with van der Waals surface area (Å²) in [5, 5.41) is 15.2. The Balaban J connectivity index is 2.04. The van der Waals surface area contributed by atoms with Gasteiger partial charge in [-0.2, -0.15) is 4.98 Å². The first-order chi connectivity index (χ1) is 9.08. The van der Waals surface area contributed by atoms with Gasteiger partial charge in [0.05, 0.1) is 16.9 Å². The highest BCUT2D eigenvalue weighted by atomic mass is 19.1. The molecule has 0 unspecified atom stereocenters. The van der Waals surface area contributed by atoms with Gasteiger partial charge in [-0.25, -0.2) is 9.18 Å². The van der Waals surface area contributed by atoms with E-state index in [1.807, 2.05) is 0 Å². The van der Waals surface area contributed by atoms with E-state index in [2.05, 4.69) is 20.0 Å². The zero-order valence-electron chi connectivity index (χ0n) is 9.76. The van der Waals surface area contributed by atoms with Crippen LogP contribution >= 0.6 is 0 Å².